The fourth-order valence-electron chi connectivity index (χ4n) is 2.20. The molecule has 1 saturated heterocycles. The number of rotatable bonds is 3. The van der Waals surface area contributed by atoms with Crippen LogP contribution in [0.4, 0.5) is 0 Å². The lowest BCUT2D eigenvalue weighted by molar-refractivity contribution is 0.332. The maximum absolute atomic E-state index is 5.64. The molecule has 1 aromatic carbocycles. The zero-order chi connectivity index (χ0) is 10.7. The smallest absolute Gasteiger partial charge is 0.124 e. The molecule has 0 amide bonds. The van der Waals surface area contributed by atoms with Crippen molar-refractivity contribution in [2.75, 3.05) is 13.2 Å². The van der Waals surface area contributed by atoms with Gasteiger partial charge in [-0.3, -0.25) is 0 Å². The van der Waals surface area contributed by atoms with E-state index < -0.39 is 0 Å². The minimum absolute atomic E-state index is 0.475. The molecule has 0 bridgehead atoms. The molecule has 2 heteroatoms. The fraction of sp³-hybridized carbons (Fsp3) is 0.538. The summed E-state index contributed by atoms with van der Waals surface area (Å²) in [6.07, 6.45) is 1.21. The molecule has 1 heterocycles. The molecule has 2 atom stereocenters. The van der Waals surface area contributed by atoms with E-state index in [1.165, 1.54) is 12.0 Å². The topological polar surface area (TPSA) is 21.3 Å². The van der Waals surface area contributed by atoms with E-state index in [-0.39, 0.29) is 0 Å². The van der Waals surface area contributed by atoms with Gasteiger partial charge in [-0.2, -0.15) is 0 Å². The molecule has 0 saturated carbocycles. The van der Waals surface area contributed by atoms with Crippen LogP contribution in [0.25, 0.3) is 0 Å². The van der Waals surface area contributed by atoms with Gasteiger partial charge in [-0.25, -0.2) is 0 Å². The average Bonchev–Trinajstić information content (AvgIpc) is 2.66. The minimum Gasteiger partial charge on any atom is -0.494 e. The molecular formula is C13H19NO. The van der Waals surface area contributed by atoms with Crippen LogP contribution in [0.15, 0.2) is 24.3 Å². The van der Waals surface area contributed by atoms with E-state index in [0.29, 0.717) is 6.04 Å². The molecule has 2 rings (SSSR count). The predicted molar refractivity (Wildman–Crippen MR) is 62.1 cm³/mol. The van der Waals surface area contributed by atoms with Gasteiger partial charge in [0, 0.05) is 11.6 Å². The zero-order valence-electron chi connectivity index (χ0n) is 9.49. The number of para-hydroxylation sites is 1. The van der Waals surface area contributed by atoms with E-state index in [1.54, 1.807) is 0 Å². The summed E-state index contributed by atoms with van der Waals surface area (Å²) < 4.78 is 5.64. The summed E-state index contributed by atoms with van der Waals surface area (Å²) in [7, 11) is 0. The molecule has 1 aromatic rings. The van der Waals surface area contributed by atoms with Crippen LogP contribution in [0, 0.1) is 5.92 Å². The Morgan fingerprint density at radius 1 is 1.40 bits per heavy atom. The van der Waals surface area contributed by atoms with Crippen molar-refractivity contribution in [3.63, 3.8) is 0 Å². The third-order valence-electron chi connectivity index (χ3n) is 2.95. The zero-order valence-corrected chi connectivity index (χ0v) is 9.49. The van der Waals surface area contributed by atoms with Crippen molar-refractivity contribution in [3.8, 4) is 5.75 Å². The van der Waals surface area contributed by atoms with Crippen LogP contribution >= 0.6 is 0 Å². The predicted octanol–water partition coefficient (Wildman–Crippen LogP) is 2.76. The van der Waals surface area contributed by atoms with E-state index in [1.807, 2.05) is 13.0 Å². The van der Waals surface area contributed by atoms with Crippen LogP contribution in [0.3, 0.4) is 0 Å². The molecule has 0 aliphatic carbocycles. The maximum atomic E-state index is 5.64. The lowest BCUT2D eigenvalue weighted by Crippen LogP contribution is -2.14. The van der Waals surface area contributed by atoms with Crippen molar-refractivity contribution >= 4 is 0 Å². The van der Waals surface area contributed by atoms with Crippen molar-refractivity contribution in [1.82, 2.24) is 5.32 Å². The monoisotopic (exact) mass is 205 g/mol. The minimum atomic E-state index is 0.475. The highest BCUT2D eigenvalue weighted by Gasteiger charge is 2.24. The van der Waals surface area contributed by atoms with Gasteiger partial charge in [-0.1, -0.05) is 25.1 Å². The Bertz CT molecular complexity index is 324. The Labute approximate surface area is 91.6 Å². The number of benzene rings is 1. The van der Waals surface area contributed by atoms with E-state index in [4.69, 9.17) is 4.74 Å². The van der Waals surface area contributed by atoms with Crippen molar-refractivity contribution in [2.45, 2.75) is 26.3 Å². The highest BCUT2D eigenvalue weighted by atomic mass is 16.5. The first-order valence-corrected chi connectivity index (χ1v) is 5.76. The van der Waals surface area contributed by atoms with Crippen LogP contribution < -0.4 is 10.1 Å². The summed E-state index contributed by atoms with van der Waals surface area (Å²) in [5, 5.41) is 3.54. The first-order chi connectivity index (χ1) is 7.31. The van der Waals surface area contributed by atoms with E-state index in [2.05, 4.69) is 30.4 Å². The van der Waals surface area contributed by atoms with Gasteiger partial charge in [0.2, 0.25) is 0 Å². The Hall–Kier alpha value is -1.02. The van der Waals surface area contributed by atoms with Crippen LogP contribution in [-0.2, 0) is 0 Å². The lowest BCUT2D eigenvalue weighted by atomic mass is 10.0. The van der Waals surface area contributed by atoms with Gasteiger partial charge in [0.1, 0.15) is 5.75 Å². The third kappa shape index (κ3) is 2.32. The second kappa shape index (κ2) is 4.67. The van der Waals surface area contributed by atoms with Gasteiger partial charge in [0.15, 0.2) is 0 Å². The molecule has 0 radical (unpaired) electrons. The number of ether oxygens (including phenoxy) is 1. The summed E-state index contributed by atoms with van der Waals surface area (Å²) in [5.41, 5.74) is 1.31. The Morgan fingerprint density at radius 3 is 2.87 bits per heavy atom. The summed E-state index contributed by atoms with van der Waals surface area (Å²) in [6.45, 7) is 6.17. The molecule has 0 spiro atoms. The molecule has 1 aliphatic rings. The molecular weight excluding hydrogens is 186 g/mol. The highest BCUT2D eigenvalue weighted by molar-refractivity contribution is 5.36. The lowest BCUT2D eigenvalue weighted by Gasteiger charge is -2.15. The van der Waals surface area contributed by atoms with Gasteiger partial charge >= 0.3 is 0 Å². The number of hydrogen-bond donors (Lipinski definition) is 1. The molecule has 1 fully saturated rings. The quantitative estimate of drug-likeness (QED) is 0.819. The Balaban J connectivity index is 2.19. The second-order valence-electron chi connectivity index (χ2n) is 4.27. The summed E-state index contributed by atoms with van der Waals surface area (Å²) in [5.74, 6) is 1.80. The fourth-order valence-corrected chi connectivity index (χ4v) is 2.20. The first-order valence-electron chi connectivity index (χ1n) is 5.76. The SMILES string of the molecule is CCOc1ccccc1[C@H]1C[C@H](C)CN1. The van der Waals surface area contributed by atoms with E-state index in [9.17, 15) is 0 Å². The van der Waals surface area contributed by atoms with E-state index in [0.717, 1.165) is 24.8 Å². The maximum Gasteiger partial charge on any atom is 0.124 e. The number of hydrogen-bond acceptors (Lipinski definition) is 2. The molecule has 82 valence electrons. The number of nitrogens with one attached hydrogen (secondary N) is 1. The van der Waals surface area contributed by atoms with Crippen molar-refractivity contribution in [3.05, 3.63) is 29.8 Å². The second-order valence-corrected chi connectivity index (χ2v) is 4.27. The summed E-state index contributed by atoms with van der Waals surface area (Å²) in [4.78, 5) is 0. The third-order valence-corrected chi connectivity index (χ3v) is 2.95. The largest absolute Gasteiger partial charge is 0.494 e. The van der Waals surface area contributed by atoms with Crippen molar-refractivity contribution in [2.24, 2.45) is 5.92 Å². The summed E-state index contributed by atoms with van der Waals surface area (Å²) in [6, 6.07) is 8.82. The van der Waals surface area contributed by atoms with Crippen LogP contribution in [-0.4, -0.2) is 13.2 Å². The molecule has 15 heavy (non-hydrogen) atoms. The average molecular weight is 205 g/mol. The molecule has 2 nitrogen and oxygen atoms in total. The highest BCUT2D eigenvalue weighted by Crippen LogP contribution is 2.32. The van der Waals surface area contributed by atoms with Gasteiger partial charge < -0.3 is 10.1 Å². The standard InChI is InChI=1S/C13H19NO/c1-3-15-13-7-5-4-6-11(13)12-8-10(2)9-14-12/h4-7,10,12,14H,3,8-9H2,1-2H3/t10-,12+/m0/s1. The van der Waals surface area contributed by atoms with Gasteiger partial charge in [-0.05, 0) is 31.9 Å². The van der Waals surface area contributed by atoms with Crippen LogP contribution in [0.2, 0.25) is 0 Å². The molecule has 0 unspecified atom stereocenters. The van der Waals surface area contributed by atoms with Gasteiger partial charge in [0.25, 0.3) is 0 Å². The Kier molecular flexibility index (Phi) is 3.27. The first kappa shape index (κ1) is 10.5. The van der Waals surface area contributed by atoms with Gasteiger partial charge in [-0.15, -0.1) is 0 Å². The van der Waals surface area contributed by atoms with Crippen molar-refractivity contribution in [1.29, 1.82) is 0 Å². The van der Waals surface area contributed by atoms with Crippen LogP contribution in [0.1, 0.15) is 31.9 Å². The van der Waals surface area contributed by atoms with Gasteiger partial charge in [0.05, 0.1) is 6.61 Å². The summed E-state index contributed by atoms with van der Waals surface area (Å²) >= 11 is 0. The molecule has 0 aromatic heterocycles. The van der Waals surface area contributed by atoms with Crippen LogP contribution in [0.5, 0.6) is 5.75 Å². The van der Waals surface area contributed by atoms with Crippen molar-refractivity contribution < 1.29 is 4.74 Å². The molecule has 1 aliphatic heterocycles. The van der Waals surface area contributed by atoms with E-state index >= 15 is 0 Å². The normalized spacial score (nSPS) is 25.5. The Morgan fingerprint density at radius 2 is 2.20 bits per heavy atom. The molecule has 1 N–H and O–H groups in total.